The Labute approximate surface area is 243 Å². The van der Waals surface area contributed by atoms with Crippen molar-refractivity contribution in [1.29, 1.82) is 0 Å². The van der Waals surface area contributed by atoms with Crippen LogP contribution in [0.2, 0.25) is 10.0 Å². The van der Waals surface area contributed by atoms with Gasteiger partial charge in [-0.15, -0.1) is 0 Å². The summed E-state index contributed by atoms with van der Waals surface area (Å²) < 4.78 is 54.2. The Morgan fingerprint density at radius 2 is 1.40 bits per heavy atom. The standard InChI is InChI=1S/C28H25Cl2N3O5S2/c1-19-5-3-6-22(17-19)32-40(37,38)24-15-11-21(12-16-24)31-28(34)20-9-13-23(14-10-20)33(39(2,35)36)18-25-26(29)7-4-8-27(25)30/h3-17,32H,18H2,1-2H3,(H,31,34). The second kappa shape index (κ2) is 11.9. The Hall–Kier alpha value is -3.57. The van der Waals surface area contributed by atoms with Crippen LogP contribution < -0.4 is 14.3 Å². The van der Waals surface area contributed by atoms with Gasteiger partial charge >= 0.3 is 0 Å². The Morgan fingerprint density at radius 3 is 1.98 bits per heavy atom. The molecule has 0 fully saturated rings. The lowest BCUT2D eigenvalue weighted by Crippen LogP contribution is -2.29. The molecule has 4 rings (SSSR count). The molecule has 0 aromatic heterocycles. The number of rotatable bonds is 9. The third-order valence-corrected chi connectivity index (χ3v) is 9.12. The predicted molar refractivity (Wildman–Crippen MR) is 160 cm³/mol. The number of amides is 1. The van der Waals surface area contributed by atoms with Crippen LogP contribution >= 0.6 is 23.2 Å². The zero-order chi connectivity index (χ0) is 29.1. The van der Waals surface area contributed by atoms with Crippen LogP contribution in [0, 0.1) is 6.92 Å². The second-order valence-electron chi connectivity index (χ2n) is 8.97. The van der Waals surface area contributed by atoms with Crippen LogP contribution in [0.15, 0.2) is 95.9 Å². The van der Waals surface area contributed by atoms with E-state index in [1.54, 1.807) is 36.4 Å². The van der Waals surface area contributed by atoms with Gasteiger partial charge in [0.2, 0.25) is 10.0 Å². The third kappa shape index (κ3) is 7.14. The molecular weight excluding hydrogens is 593 g/mol. The molecule has 4 aromatic carbocycles. The lowest BCUT2D eigenvalue weighted by Gasteiger charge is -2.23. The van der Waals surface area contributed by atoms with E-state index in [1.165, 1.54) is 48.5 Å². The highest BCUT2D eigenvalue weighted by molar-refractivity contribution is 7.92. The van der Waals surface area contributed by atoms with E-state index in [-0.39, 0.29) is 17.0 Å². The minimum atomic E-state index is -3.81. The molecule has 2 N–H and O–H groups in total. The fourth-order valence-electron chi connectivity index (χ4n) is 3.85. The molecular formula is C28H25Cl2N3O5S2. The normalized spacial score (nSPS) is 11.6. The molecule has 0 saturated carbocycles. The minimum absolute atomic E-state index is 0.0378. The van der Waals surface area contributed by atoms with Gasteiger partial charge in [0.05, 0.1) is 23.4 Å². The van der Waals surface area contributed by atoms with Gasteiger partial charge in [0, 0.05) is 32.5 Å². The Balaban J connectivity index is 1.47. The number of halogens is 2. The summed E-state index contributed by atoms with van der Waals surface area (Å²) in [5, 5.41) is 3.38. The largest absolute Gasteiger partial charge is 0.322 e. The zero-order valence-electron chi connectivity index (χ0n) is 21.4. The molecule has 4 aromatic rings. The van der Waals surface area contributed by atoms with Crippen LogP contribution in [-0.2, 0) is 26.6 Å². The number of benzene rings is 4. The molecule has 0 unspecified atom stereocenters. The maximum Gasteiger partial charge on any atom is 0.261 e. The summed E-state index contributed by atoms with van der Waals surface area (Å²) in [5.41, 5.74) is 2.80. The van der Waals surface area contributed by atoms with Crippen molar-refractivity contribution in [2.45, 2.75) is 18.4 Å². The van der Waals surface area contributed by atoms with Gasteiger partial charge in [-0.25, -0.2) is 16.8 Å². The van der Waals surface area contributed by atoms with Gasteiger partial charge in [-0.3, -0.25) is 13.8 Å². The average Bonchev–Trinajstić information content (AvgIpc) is 2.88. The summed E-state index contributed by atoms with van der Waals surface area (Å²) in [7, 11) is -7.52. The predicted octanol–water partition coefficient (Wildman–Crippen LogP) is 6.32. The molecule has 8 nitrogen and oxygen atoms in total. The first kappa shape index (κ1) is 29.4. The van der Waals surface area contributed by atoms with Crippen molar-refractivity contribution >= 4 is 66.2 Å². The van der Waals surface area contributed by atoms with E-state index in [4.69, 9.17) is 23.2 Å². The molecule has 208 valence electrons. The highest BCUT2D eigenvalue weighted by Gasteiger charge is 2.21. The number of anilines is 3. The van der Waals surface area contributed by atoms with Crippen molar-refractivity contribution in [1.82, 2.24) is 0 Å². The maximum absolute atomic E-state index is 12.8. The van der Waals surface area contributed by atoms with Crippen LogP contribution in [0.3, 0.4) is 0 Å². The van der Waals surface area contributed by atoms with E-state index >= 15 is 0 Å². The van der Waals surface area contributed by atoms with Crippen LogP contribution in [0.5, 0.6) is 0 Å². The van der Waals surface area contributed by atoms with Crippen LogP contribution in [0.25, 0.3) is 0 Å². The third-order valence-electron chi connectivity index (χ3n) is 5.87. The molecule has 1 amide bonds. The molecule has 0 aliphatic rings. The van der Waals surface area contributed by atoms with E-state index < -0.39 is 26.0 Å². The average molecular weight is 619 g/mol. The van der Waals surface area contributed by atoms with E-state index in [0.29, 0.717) is 32.7 Å². The number of sulfonamides is 2. The van der Waals surface area contributed by atoms with E-state index in [2.05, 4.69) is 10.0 Å². The van der Waals surface area contributed by atoms with Gasteiger partial charge in [-0.05, 0) is 85.3 Å². The fourth-order valence-corrected chi connectivity index (χ4v) is 6.28. The molecule has 0 heterocycles. The van der Waals surface area contributed by atoms with Crippen molar-refractivity contribution in [3.8, 4) is 0 Å². The van der Waals surface area contributed by atoms with Crippen molar-refractivity contribution in [2.24, 2.45) is 0 Å². The summed E-state index contributed by atoms with van der Waals surface area (Å²) in [5.74, 6) is -0.458. The van der Waals surface area contributed by atoms with Crippen molar-refractivity contribution in [3.63, 3.8) is 0 Å². The summed E-state index contributed by atoms with van der Waals surface area (Å²) in [6.45, 7) is 1.78. The summed E-state index contributed by atoms with van der Waals surface area (Å²) >= 11 is 12.5. The molecule has 0 radical (unpaired) electrons. The van der Waals surface area contributed by atoms with Crippen molar-refractivity contribution in [2.75, 3.05) is 20.6 Å². The van der Waals surface area contributed by atoms with Gasteiger partial charge in [0.15, 0.2) is 0 Å². The smallest absolute Gasteiger partial charge is 0.261 e. The topological polar surface area (TPSA) is 113 Å². The van der Waals surface area contributed by atoms with Crippen LogP contribution in [0.1, 0.15) is 21.5 Å². The number of nitrogens with zero attached hydrogens (tertiary/aromatic N) is 1. The summed E-state index contributed by atoms with van der Waals surface area (Å²) in [6, 6.07) is 23.6. The lowest BCUT2D eigenvalue weighted by atomic mass is 10.1. The van der Waals surface area contributed by atoms with Gasteiger partial charge < -0.3 is 5.32 Å². The number of carbonyl (C=O) groups is 1. The van der Waals surface area contributed by atoms with E-state index in [9.17, 15) is 21.6 Å². The first-order valence-electron chi connectivity index (χ1n) is 11.8. The zero-order valence-corrected chi connectivity index (χ0v) is 24.6. The summed E-state index contributed by atoms with van der Waals surface area (Å²) in [4.78, 5) is 12.9. The Kier molecular flexibility index (Phi) is 8.74. The number of hydrogen-bond acceptors (Lipinski definition) is 5. The van der Waals surface area contributed by atoms with E-state index in [1.807, 2.05) is 13.0 Å². The molecule has 0 bridgehead atoms. The highest BCUT2D eigenvalue weighted by Crippen LogP contribution is 2.29. The second-order valence-corrected chi connectivity index (χ2v) is 13.4. The minimum Gasteiger partial charge on any atom is -0.322 e. The van der Waals surface area contributed by atoms with E-state index in [0.717, 1.165) is 16.1 Å². The number of hydrogen-bond donors (Lipinski definition) is 2. The van der Waals surface area contributed by atoms with Crippen LogP contribution in [0.4, 0.5) is 17.1 Å². The molecule has 0 atom stereocenters. The maximum atomic E-state index is 12.8. The van der Waals surface area contributed by atoms with Crippen molar-refractivity contribution in [3.05, 3.63) is 118 Å². The molecule has 0 spiro atoms. The monoisotopic (exact) mass is 617 g/mol. The molecule has 0 aliphatic carbocycles. The number of carbonyl (C=O) groups excluding carboxylic acids is 1. The quantitative estimate of drug-likeness (QED) is 0.228. The van der Waals surface area contributed by atoms with Gasteiger partial charge in [0.25, 0.3) is 15.9 Å². The Morgan fingerprint density at radius 1 is 0.800 bits per heavy atom. The van der Waals surface area contributed by atoms with Crippen LogP contribution in [-0.4, -0.2) is 29.0 Å². The lowest BCUT2D eigenvalue weighted by molar-refractivity contribution is 0.102. The van der Waals surface area contributed by atoms with Gasteiger partial charge in [-0.2, -0.15) is 0 Å². The SMILES string of the molecule is Cc1cccc(NS(=O)(=O)c2ccc(NC(=O)c3ccc(N(Cc4c(Cl)cccc4Cl)S(C)(=O)=O)cc3)cc2)c1. The first-order chi connectivity index (χ1) is 18.8. The van der Waals surface area contributed by atoms with Gasteiger partial charge in [-0.1, -0.05) is 41.4 Å². The Bertz CT molecular complexity index is 1740. The van der Waals surface area contributed by atoms with Crippen molar-refractivity contribution < 1.29 is 21.6 Å². The van der Waals surface area contributed by atoms with Gasteiger partial charge in [0.1, 0.15) is 0 Å². The fraction of sp³-hybridized carbons (Fsp3) is 0.107. The first-order valence-corrected chi connectivity index (χ1v) is 15.9. The molecule has 0 aliphatic heterocycles. The number of aryl methyl sites for hydroxylation is 1. The summed E-state index contributed by atoms with van der Waals surface area (Å²) in [6.07, 6.45) is 1.07. The highest BCUT2D eigenvalue weighted by atomic mass is 35.5. The molecule has 0 saturated heterocycles. The molecule has 12 heteroatoms. The number of nitrogens with one attached hydrogen (secondary N) is 2. The molecule has 40 heavy (non-hydrogen) atoms.